The van der Waals surface area contributed by atoms with Crippen molar-refractivity contribution in [3.05, 3.63) is 35.2 Å². The fraction of sp³-hybridized carbons (Fsp3) is 0.214. The number of carbonyl (C=O) groups is 1. The Bertz CT molecular complexity index is 576. The zero-order valence-corrected chi connectivity index (χ0v) is 12.4. The Morgan fingerprint density at radius 2 is 2.05 bits per heavy atom. The Labute approximate surface area is 120 Å². The van der Waals surface area contributed by atoms with Crippen LogP contribution >= 0.6 is 23.1 Å². The van der Waals surface area contributed by atoms with Crippen LogP contribution in [0.5, 0.6) is 0 Å². The van der Waals surface area contributed by atoms with Gasteiger partial charge in [-0.1, -0.05) is 12.1 Å². The van der Waals surface area contributed by atoms with Gasteiger partial charge in [-0.05, 0) is 36.9 Å². The molecular formula is C14H15NO2S2. The monoisotopic (exact) mass is 293 g/mol. The minimum absolute atomic E-state index is 0.350. The van der Waals surface area contributed by atoms with Crippen LogP contribution in [0, 0.1) is 0 Å². The molecule has 0 fully saturated rings. The standard InChI is InChI=1S/C14H15NO2S2/c1-3-17-14(16)13-11(15)8-12(19-13)9-4-6-10(18-2)7-5-9/h4-8H,3,15H2,1-2H3. The summed E-state index contributed by atoms with van der Waals surface area (Å²) >= 11 is 3.06. The number of esters is 1. The van der Waals surface area contributed by atoms with Crippen molar-refractivity contribution < 1.29 is 9.53 Å². The van der Waals surface area contributed by atoms with Crippen LogP contribution in [0.1, 0.15) is 16.6 Å². The van der Waals surface area contributed by atoms with Gasteiger partial charge >= 0.3 is 5.97 Å². The van der Waals surface area contributed by atoms with Gasteiger partial charge in [0.15, 0.2) is 0 Å². The highest BCUT2D eigenvalue weighted by molar-refractivity contribution is 7.98. The highest BCUT2D eigenvalue weighted by Crippen LogP contribution is 2.34. The predicted molar refractivity (Wildman–Crippen MR) is 81.9 cm³/mol. The summed E-state index contributed by atoms with van der Waals surface area (Å²) in [5, 5.41) is 0. The van der Waals surface area contributed by atoms with Gasteiger partial charge < -0.3 is 10.5 Å². The molecule has 2 rings (SSSR count). The van der Waals surface area contributed by atoms with Crippen molar-refractivity contribution in [3.8, 4) is 10.4 Å². The average Bonchev–Trinajstić information content (AvgIpc) is 2.81. The zero-order chi connectivity index (χ0) is 13.8. The van der Waals surface area contributed by atoms with E-state index in [1.165, 1.54) is 16.2 Å². The summed E-state index contributed by atoms with van der Waals surface area (Å²) in [7, 11) is 0. The van der Waals surface area contributed by atoms with Crippen LogP contribution in [-0.4, -0.2) is 18.8 Å². The number of ether oxygens (including phenoxy) is 1. The van der Waals surface area contributed by atoms with Gasteiger partial charge in [-0.25, -0.2) is 4.79 Å². The van der Waals surface area contributed by atoms with Crippen LogP contribution in [0.4, 0.5) is 5.69 Å². The zero-order valence-electron chi connectivity index (χ0n) is 10.8. The number of thioether (sulfide) groups is 1. The van der Waals surface area contributed by atoms with E-state index in [0.29, 0.717) is 17.2 Å². The molecule has 0 bridgehead atoms. The molecule has 2 aromatic rings. The van der Waals surface area contributed by atoms with E-state index in [-0.39, 0.29) is 5.97 Å². The van der Waals surface area contributed by atoms with Gasteiger partial charge in [-0.3, -0.25) is 0 Å². The molecule has 0 aliphatic rings. The Kier molecular flexibility index (Phi) is 4.50. The van der Waals surface area contributed by atoms with Gasteiger partial charge in [0.2, 0.25) is 0 Å². The van der Waals surface area contributed by atoms with Gasteiger partial charge in [0, 0.05) is 9.77 Å². The summed E-state index contributed by atoms with van der Waals surface area (Å²) in [6, 6.07) is 10.0. The van der Waals surface area contributed by atoms with E-state index >= 15 is 0 Å². The van der Waals surface area contributed by atoms with E-state index in [1.807, 2.05) is 24.5 Å². The molecule has 3 nitrogen and oxygen atoms in total. The second-order valence-electron chi connectivity index (χ2n) is 3.84. The lowest BCUT2D eigenvalue weighted by atomic mass is 10.2. The topological polar surface area (TPSA) is 52.3 Å². The number of anilines is 1. The highest BCUT2D eigenvalue weighted by atomic mass is 32.2. The molecule has 100 valence electrons. The fourth-order valence-corrected chi connectivity index (χ4v) is 3.05. The van der Waals surface area contributed by atoms with Gasteiger partial charge in [0.1, 0.15) is 4.88 Å². The first-order valence-corrected chi connectivity index (χ1v) is 7.90. The normalized spacial score (nSPS) is 10.4. The van der Waals surface area contributed by atoms with E-state index in [1.54, 1.807) is 18.7 Å². The summed E-state index contributed by atoms with van der Waals surface area (Å²) < 4.78 is 4.98. The van der Waals surface area contributed by atoms with Crippen molar-refractivity contribution in [1.82, 2.24) is 0 Å². The molecule has 0 aliphatic heterocycles. The maximum atomic E-state index is 11.7. The molecule has 2 N–H and O–H groups in total. The first kappa shape index (κ1) is 14.0. The molecule has 5 heteroatoms. The van der Waals surface area contributed by atoms with Crippen LogP contribution in [0.2, 0.25) is 0 Å². The lowest BCUT2D eigenvalue weighted by Crippen LogP contribution is -2.04. The summed E-state index contributed by atoms with van der Waals surface area (Å²) in [6.45, 7) is 2.14. The van der Waals surface area contributed by atoms with E-state index in [4.69, 9.17) is 10.5 Å². The van der Waals surface area contributed by atoms with E-state index in [2.05, 4.69) is 12.1 Å². The molecule has 0 aliphatic carbocycles. The van der Waals surface area contributed by atoms with Crippen LogP contribution in [0.3, 0.4) is 0 Å². The van der Waals surface area contributed by atoms with Crippen LogP contribution < -0.4 is 5.73 Å². The molecule has 0 unspecified atom stereocenters. The Morgan fingerprint density at radius 1 is 1.37 bits per heavy atom. The fourth-order valence-electron chi connectivity index (χ4n) is 1.66. The highest BCUT2D eigenvalue weighted by Gasteiger charge is 2.16. The third kappa shape index (κ3) is 3.11. The Morgan fingerprint density at radius 3 is 2.63 bits per heavy atom. The molecule has 1 aromatic heterocycles. The first-order valence-electron chi connectivity index (χ1n) is 5.86. The largest absolute Gasteiger partial charge is 0.462 e. The maximum absolute atomic E-state index is 11.7. The Balaban J connectivity index is 2.30. The van der Waals surface area contributed by atoms with Crippen LogP contribution in [0.15, 0.2) is 35.2 Å². The average molecular weight is 293 g/mol. The van der Waals surface area contributed by atoms with Crippen molar-refractivity contribution in [3.63, 3.8) is 0 Å². The van der Waals surface area contributed by atoms with Crippen LogP contribution in [-0.2, 0) is 4.74 Å². The number of hydrogen-bond acceptors (Lipinski definition) is 5. The number of carbonyl (C=O) groups excluding carboxylic acids is 1. The number of nitrogens with two attached hydrogens (primary N) is 1. The van der Waals surface area contributed by atoms with Crippen molar-refractivity contribution in [2.75, 3.05) is 18.6 Å². The molecule has 1 heterocycles. The van der Waals surface area contributed by atoms with Gasteiger partial charge in [0.05, 0.1) is 12.3 Å². The molecule has 0 saturated carbocycles. The Hall–Kier alpha value is -1.46. The lowest BCUT2D eigenvalue weighted by molar-refractivity contribution is 0.0533. The molecular weight excluding hydrogens is 278 g/mol. The molecule has 0 spiro atoms. The van der Waals surface area contributed by atoms with Crippen molar-refractivity contribution in [2.24, 2.45) is 0 Å². The lowest BCUT2D eigenvalue weighted by Gasteiger charge is -2.00. The third-order valence-electron chi connectivity index (χ3n) is 2.60. The molecule has 0 amide bonds. The minimum atomic E-state index is -0.350. The van der Waals surface area contributed by atoms with Crippen molar-refractivity contribution >= 4 is 34.8 Å². The molecule has 0 atom stereocenters. The predicted octanol–water partition coefficient (Wildman–Crippen LogP) is 3.90. The second kappa shape index (κ2) is 6.12. The second-order valence-corrected chi connectivity index (χ2v) is 5.78. The van der Waals surface area contributed by atoms with Gasteiger partial charge in [-0.2, -0.15) is 0 Å². The first-order chi connectivity index (χ1) is 9.15. The van der Waals surface area contributed by atoms with E-state index < -0.39 is 0 Å². The van der Waals surface area contributed by atoms with E-state index in [9.17, 15) is 4.79 Å². The summed E-state index contributed by atoms with van der Waals surface area (Å²) in [6.07, 6.45) is 2.04. The van der Waals surface area contributed by atoms with Crippen LogP contribution in [0.25, 0.3) is 10.4 Å². The van der Waals surface area contributed by atoms with Crippen molar-refractivity contribution in [2.45, 2.75) is 11.8 Å². The van der Waals surface area contributed by atoms with E-state index in [0.717, 1.165) is 10.4 Å². The van der Waals surface area contributed by atoms with Gasteiger partial charge in [0.25, 0.3) is 0 Å². The number of thiophene rings is 1. The number of benzene rings is 1. The number of rotatable bonds is 4. The smallest absolute Gasteiger partial charge is 0.350 e. The number of hydrogen-bond donors (Lipinski definition) is 1. The molecule has 1 aromatic carbocycles. The van der Waals surface area contributed by atoms with Crippen molar-refractivity contribution in [1.29, 1.82) is 0 Å². The number of nitrogen functional groups attached to an aromatic ring is 1. The minimum Gasteiger partial charge on any atom is -0.462 e. The summed E-state index contributed by atoms with van der Waals surface area (Å²) in [5.41, 5.74) is 7.41. The molecule has 19 heavy (non-hydrogen) atoms. The van der Waals surface area contributed by atoms with Gasteiger partial charge in [-0.15, -0.1) is 23.1 Å². The third-order valence-corrected chi connectivity index (χ3v) is 4.52. The quantitative estimate of drug-likeness (QED) is 0.686. The SMILES string of the molecule is CCOC(=O)c1sc(-c2ccc(SC)cc2)cc1N. The summed E-state index contributed by atoms with van der Waals surface area (Å²) in [4.78, 5) is 14.4. The molecule has 0 radical (unpaired) electrons. The maximum Gasteiger partial charge on any atom is 0.350 e. The summed E-state index contributed by atoms with van der Waals surface area (Å²) in [5.74, 6) is -0.350. The molecule has 0 saturated heterocycles.